The molecule has 7 heteroatoms. The summed E-state index contributed by atoms with van der Waals surface area (Å²) >= 11 is 18.0. The topological polar surface area (TPSA) is 55.4 Å². The first kappa shape index (κ1) is 25.7. The maximum Gasteiger partial charge on any atom is 0.344 e. The SMILES string of the molecule is CC(=C/C(C)=C(\C)OC(=O)c1ccc(Cl)cc1Cl)/C=C(\C)CNC(=O)c1ccccc1Cl. The van der Waals surface area contributed by atoms with Gasteiger partial charge in [0.1, 0.15) is 5.76 Å². The van der Waals surface area contributed by atoms with Gasteiger partial charge in [-0.05, 0) is 63.6 Å². The van der Waals surface area contributed by atoms with Gasteiger partial charge < -0.3 is 10.1 Å². The summed E-state index contributed by atoms with van der Waals surface area (Å²) < 4.78 is 5.44. The van der Waals surface area contributed by atoms with Gasteiger partial charge >= 0.3 is 5.97 Å². The van der Waals surface area contributed by atoms with Gasteiger partial charge in [0.25, 0.3) is 5.91 Å². The summed E-state index contributed by atoms with van der Waals surface area (Å²) in [6, 6.07) is 11.5. The Balaban J connectivity index is 2.02. The number of ether oxygens (including phenoxy) is 1. The maximum atomic E-state index is 12.4. The predicted octanol–water partition coefficient (Wildman–Crippen LogP) is 7.42. The fraction of sp³-hybridized carbons (Fsp3) is 0.200. The van der Waals surface area contributed by atoms with E-state index < -0.39 is 5.97 Å². The Labute approximate surface area is 203 Å². The quantitative estimate of drug-likeness (QED) is 0.248. The molecule has 0 aliphatic heterocycles. The average molecular weight is 493 g/mol. The van der Waals surface area contributed by atoms with Gasteiger partial charge in [-0.3, -0.25) is 4.79 Å². The lowest BCUT2D eigenvalue weighted by molar-refractivity contribution is 0.0623. The molecule has 0 saturated heterocycles. The first-order chi connectivity index (χ1) is 15.1. The van der Waals surface area contributed by atoms with E-state index in [2.05, 4.69) is 5.32 Å². The van der Waals surface area contributed by atoms with Crippen molar-refractivity contribution < 1.29 is 14.3 Å². The van der Waals surface area contributed by atoms with Crippen LogP contribution in [0, 0.1) is 0 Å². The van der Waals surface area contributed by atoms with E-state index in [1.54, 1.807) is 37.3 Å². The van der Waals surface area contributed by atoms with E-state index in [1.165, 1.54) is 12.1 Å². The van der Waals surface area contributed by atoms with Gasteiger partial charge in [-0.25, -0.2) is 4.79 Å². The van der Waals surface area contributed by atoms with Gasteiger partial charge in [0.05, 0.1) is 21.2 Å². The zero-order valence-electron chi connectivity index (χ0n) is 18.3. The van der Waals surface area contributed by atoms with Gasteiger partial charge in [0.15, 0.2) is 0 Å². The van der Waals surface area contributed by atoms with Crippen molar-refractivity contribution in [1.29, 1.82) is 0 Å². The van der Waals surface area contributed by atoms with Gasteiger partial charge in [-0.1, -0.05) is 70.2 Å². The van der Waals surface area contributed by atoms with Crippen LogP contribution in [-0.4, -0.2) is 18.4 Å². The number of nitrogens with one attached hydrogen (secondary N) is 1. The number of hydrogen-bond acceptors (Lipinski definition) is 3. The van der Waals surface area contributed by atoms with E-state index >= 15 is 0 Å². The predicted molar refractivity (Wildman–Crippen MR) is 132 cm³/mol. The molecule has 0 spiro atoms. The normalized spacial score (nSPS) is 12.8. The van der Waals surface area contributed by atoms with Crippen molar-refractivity contribution in [1.82, 2.24) is 5.32 Å². The molecule has 168 valence electrons. The standard InChI is InChI=1S/C25H24Cl3NO3/c1-15(11-16(2)14-29-24(30)20-7-5-6-8-22(20)27)12-17(3)18(4)32-25(31)21-10-9-19(26)13-23(21)28/h5-13H,14H2,1-4H3,(H,29,30)/b15-12-,16-11+,18-17+. The number of carbonyl (C=O) groups is 2. The van der Waals surface area contributed by atoms with Crippen LogP contribution in [-0.2, 0) is 4.74 Å². The van der Waals surface area contributed by atoms with Crippen molar-refractivity contribution in [2.24, 2.45) is 0 Å². The Morgan fingerprint density at radius 3 is 2.25 bits per heavy atom. The van der Waals surface area contributed by atoms with E-state index in [9.17, 15) is 9.59 Å². The highest BCUT2D eigenvalue weighted by molar-refractivity contribution is 6.36. The van der Waals surface area contributed by atoms with Crippen molar-refractivity contribution >= 4 is 46.7 Å². The molecule has 2 rings (SSSR count). The molecule has 2 aromatic rings. The third-order valence-corrected chi connectivity index (χ3v) is 5.39. The number of carbonyl (C=O) groups excluding carboxylic acids is 2. The molecule has 0 unspecified atom stereocenters. The Morgan fingerprint density at radius 2 is 1.59 bits per heavy atom. The third-order valence-electron chi connectivity index (χ3n) is 4.52. The lowest BCUT2D eigenvalue weighted by Crippen LogP contribution is -2.25. The Morgan fingerprint density at radius 1 is 0.906 bits per heavy atom. The molecular weight excluding hydrogens is 469 g/mol. The summed E-state index contributed by atoms with van der Waals surface area (Å²) in [5.41, 5.74) is 3.35. The van der Waals surface area contributed by atoms with Crippen LogP contribution in [0.5, 0.6) is 0 Å². The highest BCUT2D eigenvalue weighted by Crippen LogP contribution is 2.23. The Kier molecular flexibility index (Phi) is 9.58. The van der Waals surface area contributed by atoms with Gasteiger partial charge in [-0.2, -0.15) is 0 Å². The Hall–Kier alpha value is -2.53. The molecule has 0 aliphatic rings. The van der Waals surface area contributed by atoms with E-state index in [-0.39, 0.29) is 16.5 Å². The zero-order chi connectivity index (χ0) is 23.8. The first-order valence-electron chi connectivity index (χ1n) is 9.81. The zero-order valence-corrected chi connectivity index (χ0v) is 20.5. The average Bonchev–Trinajstić information content (AvgIpc) is 2.72. The highest BCUT2D eigenvalue weighted by atomic mass is 35.5. The van der Waals surface area contributed by atoms with Crippen molar-refractivity contribution in [3.05, 3.63) is 103 Å². The van der Waals surface area contributed by atoms with Crippen LogP contribution in [0.3, 0.4) is 0 Å². The number of amides is 1. The highest BCUT2D eigenvalue weighted by Gasteiger charge is 2.14. The second kappa shape index (κ2) is 11.9. The van der Waals surface area contributed by atoms with Gasteiger partial charge in [0, 0.05) is 11.6 Å². The number of benzene rings is 2. The number of esters is 1. The van der Waals surface area contributed by atoms with Crippen LogP contribution in [0.15, 0.2) is 77.1 Å². The fourth-order valence-electron chi connectivity index (χ4n) is 2.81. The summed E-state index contributed by atoms with van der Waals surface area (Å²) in [5.74, 6) is -0.327. The van der Waals surface area contributed by atoms with Crippen LogP contribution < -0.4 is 5.32 Å². The van der Waals surface area contributed by atoms with Crippen LogP contribution in [0.4, 0.5) is 0 Å². The third kappa shape index (κ3) is 7.56. The van der Waals surface area contributed by atoms with Gasteiger partial charge in [0.2, 0.25) is 0 Å². The fourth-order valence-corrected chi connectivity index (χ4v) is 3.52. The van der Waals surface area contributed by atoms with E-state index in [0.717, 1.165) is 16.7 Å². The number of rotatable bonds is 7. The molecule has 0 radical (unpaired) electrons. The second-order valence-corrected chi connectivity index (χ2v) is 8.55. The largest absolute Gasteiger partial charge is 0.427 e. The van der Waals surface area contributed by atoms with Crippen molar-refractivity contribution in [2.75, 3.05) is 6.54 Å². The monoisotopic (exact) mass is 491 g/mol. The molecule has 0 bridgehead atoms. The minimum Gasteiger partial charge on any atom is -0.427 e. The molecule has 0 aromatic heterocycles. The molecule has 2 aromatic carbocycles. The van der Waals surface area contributed by atoms with Gasteiger partial charge in [-0.15, -0.1) is 0 Å². The van der Waals surface area contributed by atoms with Crippen LogP contribution in [0.1, 0.15) is 48.4 Å². The molecule has 0 atom stereocenters. The van der Waals surface area contributed by atoms with Crippen LogP contribution in [0.2, 0.25) is 15.1 Å². The summed E-state index contributed by atoms with van der Waals surface area (Å²) in [7, 11) is 0. The summed E-state index contributed by atoms with van der Waals surface area (Å²) in [6.45, 7) is 7.77. The van der Waals surface area contributed by atoms with E-state index in [0.29, 0.717) is 27.9 Å². The Bertz CT molecular complexity index is 1120. The van der Waals surface area contributed by atoms with Crippen molar-refractivity contribution in [3.8, 4) is 0 Å². The maximum absolute atomic E-state index is 12.4. The molecule has 0 aliphatic carbocycles. The molecule has 4 nitrogen and oxygen atoms in total. The van der Waals surface area contributed by atoms with Crippen LogP contribution in [0.25, 0.3) is 0 Å². The lowest BCUT2D eigenvalue weighted by Gasteiger charge is -2.09. The molecule has 1 amide bonds. The van der Waals surface area contributed by atoms with E-state index in [1.807, 2.05) is 32.9 Å². The number of halogens is 3. The summed E-state index contributed by atoms with van der Waals surface area (Å²) in [4.78, 5) is 24.7. The van der Waals surface area contributed by atoms with Crippen molar-refractivity contribution in [2.45, 2.75) is 27.7 Å². The molecule has 1 N–H and O–H groups in total. The summed E-state index contributed by atoms with van der Waals surface area (Å²) in [6.07, 6.45) is 3.84. The molecule has 32 heavy (non-hydrogen) atoms. The minimum absolute atomic E-state index is 0.232. The van der Waals surface area contributed by atoms with Crippen molar-refractivity contribution in [3.63, 3.8) is 0 Å². The van der Waals surface area contributed by atoms with Crippen LogP contribution >= 0.6 is 34.8 Å². The first-order valence-corrected chi connectivity index (χ1v) is 10.9. The molecule has 0 heterocycles. The molecular formula is C25H24Cl3NO3. The van der Waals surface area contributed by atoms with E-state index in [4.69, 9.17) is 39.5 Å². The minimum atomic E-state index is -0.552. The molecule has 0 fully saturated rings. The number of hydrogen-bond donors (Lipinski definition) is 1. The summed E-state index contributed by atoms with van der Waals surface area (Å²) in [5, 5.41) is 3.94. The molecule has 0 saturated carbocycles. The smallest absolute Gasteiger partial charge is 0.344 e. The second-order valence-electron chi connectivity index (χ2n) is 7.29. The lowest BCUT2D eigenvalue weighted by atomic mass is 10.1. The number of allylic oxidation sites excluding steroid dienone is 5.